The van der Waals surface area contributed by atoms with Crippen LogP contribution >= 0.6 is 0 Å². The van der Waals surface area contributed by atoms with E-state index in [0.29, 0.717) is 41.1 Å². The van der Waals surface area contributed by atoms with Gasteiger partial charge in [0, 0.05) is 23.7 Å². The summed E-state index contributed by atoms with van der Waals surface area (Å²) in [6.45, 7) is 14.8. The molecule has 7 rings (SSSR count). The van der Waals surface area contributed by atoms with Crippen LogP contribution in [-0.2, 0) is 28.5 Å². The quantitative estimate of drug-likeness (QED) is 0.332. The van der Waals surface area contributed by atoms with E-state index in [1.54, 1.807) is 0 Å². The lowest BCUT2D eigenvalue weighted by Gasteiger charge is -2.57. The lowest BCUT2D eigenvalue weighted by molar-refractivity contribution is -0.253. The second-order valence-electron chi connectivity index (χ2n) is 14.1. The largest absolute Gasteiger partial charge is 0.455 e. The molecule has 0 aromatic rings. The van der Waals surface area contributed by atoms with Crippen molar-refractivity contribution in [3.63, 3.8) is 0 Å². The molecule has 0 bridgehead atoms. The van der Waals surface area contributed by atoms with Crippen molar-refractivity contribution in [2.45, 2.75) is 104 Å². The summed E-state index contributed by atoms with van der Waals surface area (Å²) in [4.78, 5) is 11.7. The Labute approximate surface area is 209 Å². The van der Waals surface area contributed by atoms with Crippen molar-refractivity contribution in [1.82, 2.24) is 0 Å². The van der Waals surface area contributed by atoms with Crippen LogP contribution in [0.4, 0.5) is 0 Å². The lowest BCUT2D eigenvalue weighted by atomic mass is 9.46. The van der Waals surface area contributed by atoms with Crippen LogP contribution in [0.2, 0.25) is 0 Å². The van der Waals surface area contributed by atoms with Crippen LogP contribution in [0.25, 0.3) is 0 Å². The van der Waals surface area contributed by atoms with Gasteiger partial charge in [0.05, 0.1) is 25.4 Å². The Morgan fingerprint density at radius 1 is 1.03 bits per heavy atom. The summed E-state index contributed by atoms with van der Waals surface area (Å²) in [6.07, 6.45) is 7.50. The van der Waals surface area contributed by atoms with E-state index in [9.17, 15) is 4.79 Å². The predicted octanol–water partition coefficient (Wildman–Crippen LogP) is 4.51. The summed E-state index contributed by atoms with van der Waals surface area (Å²) in [5, 5.41) is 0. The Morgan fingerprint density at radius 3 is 2.49 bits per heavy atom. The zero-order valence-corrected chi connectivity index (χ0v) is 22.1. The molecule has 4 unspecified atom stereocenters. The van der Waals surface area contributed by atoms with E-state index in [1.165, 1.54) is 38.2 Å². The number of ether oxygens (including phenoxy) is 5. The minimum atomic E-state index is -0.256. The Morgan fingerprint density at radius 2 is 1.77 bits per heavy atom. The summed E-state index contributed by atoms with van der Waals surface area (Å²) in [5.41, 5.74) is 1.75. The molecule has 194 valence electrons. The first-order valence-electron chi connectivity index (χ1n) is 14.0. The van der Waals surface area contributed by atoms with Gasteiger partial charge in [-0.3, -0.25) is 4.79 Å². The first kappa shape index (κ1) is 23.2. The number of hydrogen-bond donors (Lipinski definition) is 0. The zero-order chi connectivity index (χ0) is 24.5. The molecule has 4 aliphatic carbocycles. The van der Waals surface area contributed by atoms with Crippen LogP contribution in [0.3, 0.4) is 0 Å². The lowest BCUT2D eigenvalue weighted by Crippen LogP contribution is -2.57. The molecule has 3 aliphatic heterocycles. The Balaban J connectivity index is 1.14. The molecule has 12 atom stereocenters. The third-order valence-electron chi connectivity index (χ3n) is 11.4. The molecule has 0 radical (unpaired) electrons. The van der Waals surface area contributed by atoms with Crippen LogP contribution in [-0.4, -0.2) is 56.0 Å². The summed E-state index contributed by atoms with van der Waals surface area (Å²) in [7, 11) is 0. The fourth-order valence-electron chi connectivity index (χ4n) is 9.71. The monoisotopic (exact) mass is 486 g/mol. The van der Waals surface area contributed by atoms with Gasteiger partial charge < -0.3 is 23.7 Å². The van der Waals surface area contributed by atoms with E-state index in [0.717, 1.165) is 13.2 Å². The number of carbonyl (C=O) groups excluding carboxylic acids is 1. The molecule has 0 aromatic heterocycles. The highest BCUT2D eigenvalue weighted by Gasteiger charge is 2.75. The summed E-state index contributed by atoms with van der Waals surface area (Å²) in [5.74, 6) is 2.61. The van der Waals surface area contributed by atoms with E-state index in [2.05, 4.69) is 40.7 Å². The predicted molar refractivity (Wildman–Crippen MR) is 128 cm³/mol. The molecule has 7 aliphatic rings. The molecule has 3 heterocycles. The van der Waals surface area contributed by atoms with Gasteiger partial charge in [0.1, 0.15) is 18.3 Å². The molecule has 0 amide bonds. The Bertz CT molecular complexity index is 949. The number of carbonyl (C=O) groups is 1. The van der Waals surface area contributed by atoms with Gasteiger partial charge in [-0.25, -0.2) is 0 Å². The smallest absolute Gasteiger partial charge is 0.303 e. The second kappa shape index (κ2) is 7.33. The first-order valence-corrected chi connectivity index (χ1v) is 14.0. The maximum Gasteiger partial charge on any atom is 0.303 e. The van der Waals surface area contributed by atoms with Crippen LogP contribution in [0, 0.1) is 45.8 Å². The molecule has 6 fully saturated rings. The van der Waals surface area contributed by atoms with Gasteiger partial charge in [0.2, 0.25) is 0 Å². The van der Waals surface area contributed by atoms with E-state index in [-0.39, 0.29) is 47.5 Å². The summed E-state index contributed by atoms with van der Waals surface area (Å²) >= 11 is 0. The maximum absolute atomic E-state index is 11.7. The van der Waals surface area contributed by atoms with Crippen molar-refractivity contribution >= 4 is 5.97 Å². The van der Waals surface area contributed by atoms with Gasteiger partial charge in [-0.05, 0) is 66.4 Å². The summed E-state index contributed by atoms with van der Waals surface area (Å²) in [6, 6.07) is 0. The first-order chi connectivity index (χ1) is 16.5. The van der Waals surface area contributed by atoms with Crippen molar-refractivity contribution in [2.24, 2.45) is 45.8 Å². The number of epoxide rings is 2. The minimum Gasteiger partial charge on any atom is -0.455 e. The van der Waals surface area contributed by atoms with Crippen molar-refractivity contribution < 1.29 is 28.5 Å². The van der Waals surface area contributed by atoms with E-state index in [4.69, 9.17) is 23.7 Å². The number of esters is 1. The molecule has 6 heteroatoms. The number of rotatable bonds is 3. The second-order valence-corrected chi connectivity index (χ2v) is 14.1. The van der Waals surface area contributed by atoms with Crippen LogP contribution in [0.5, 0.6) is 0 Å². The van der Waals surface area contributed by atoms with Gasteiger partial charge in [0.15, 0.2) is 6.29 Å². The number of hydrogen-bond acceptors (Lipinski definition) is 6. The maximum atomic E-state index is 11.7. The van der Waals surface area contributed by atoms with Crippen molar-refractivity contribution in [3.8, 4) is 0 Å². The number of fused-ring (bicyclic) bond motifs is 10. The molecular weight excluding hydrogens is 444 g/mol. The van der Waals surface area contributed by atoms with Crippen molar-refractivity contribution in [2.75, 3.05) is 13.2 Å². The average Bonchev–Trinajstić information content (AvgIpc) is 3.70. The molecule has 0 aromatic carbocycles. The Kier molecular flexibility index (Phi) is 4.86. The molecule has 6 nitrogen and oxygen atoms in total. The van der Waals surface area contributed by atoms with E-state index in [1.807, 2.05) is 0 Å². The van der Waals surface area contributed by atoms with Gasteiger partial charge in [-0.2, -0.15) is 0 Å². The average molecular weight is 487 g/mol. The zero-order valence-electron chi connectivity index (χ0n) is 22.1. The van der Waals surface area contributed by atoms with Crippen LogP contribution in [0.1, 0.15) is 67.2 Å². The molecular formula is C29H42O6. The van der Waals surface area contributed by atoms with Gasteiger partial charge in [-0.15, -0.1) is 0 Å². The third kappa shape index (κ3) is 3.18. The van der Waals surface area contributed by atoms with Gasteiger partial charge in [-0.1, -0.05) is 34.6 Å². The Hall–Kier alpha value is -0.950. The van der Waals surface area contributed by atoms with Crippen LogP contribution < -0.4 is 0 Å². The molecule has 3 saturated heterocycles. The molecule has 0 spiro atoms. The SMILES string of the molecule is CC(=O)O[C@@H]1C=C2[C@H]3O[C@H]3C3C4CC[C@H](C(C)C5OCC(C)(C)CO5)[C@@]4(C)CCC3[C@@]2(C)[C@H]2O[C@@H]12. The standard InChI is InChI=1S/C29H42O6/c1-14(26-31-12-27(3,4)13-32-26)16-7-8-17-21-18(9-10-28(16,17)5)29(6)19(22-24(21)34-22)11-20(33-15(2)30)23-25(29)35-23/h11,14,16-18,20-26H,7-10,12-13H2,1-6H3/t14?,16-,17?,18?,20-,21?,22-,23+,24+,25+,28-,29-/m1/s1. The normalized spacial score (nSPS) is 54.2. The van der Waals surface area contributed by atoms with E-state index < -0.39 is 0 Å². The fourth-order valence-corrected chi connectivity index (χ4v) is 9.71. The van der Waals surface area contributed by atoms with Gasteiger partial charge >= 0.3 is 5.97 Å². The highest BCUT2D eigenvalue weighted by atomic mass is 16.7. The topological polar surface area (TPSA) is 69.8 Å². The fraction of sp³-hybridized carbons (Fsp3) is 0.897. The third-order valence-corrected chi connectivity index (χ3v) is 11.4. The summed E-state index contributed by atoms with van der Waals surface area (Å²) < 4.78 is 30.9. The highest BCUT2D eigenvalue weighted by molar-refractivity contribution is 5.66. The van der Waals surface area contributed by atoms with Crippen molar-refractivity contribution in [1.29, 1.82) is 0 Å². The molecule has 35 heavy (non-hydrogen) atoms. The minimum absolute atomic E-state index is 0.00411. The van der Waals surface area contributed by atoms with Gasteiger partial charge in [0.25, 0.3) is 0 Å². The van der Waals surface area contributed by atoms with Crippen molar-refractivity contribution in [3.05, 3.63) is 11.6 Å². The van der Waals surface area contributed by atoms with E-state index >= 15 is 0 Å². The molecule has 0 N–H and O–H groups in total. The highest BCUT2D eigenvalue weighted by Crippen LogP contribution is 2.73. The van der Waals surface area contributed by atoms with Crippen LogP contribution in [0.15, 0.2) is 11.6 Å². The molecule has 3 saturated carbocycles.